The van der Waals surface area contributed by atoms with Crippen LogP contribution in [0, 0.1) is 12.3 Å². The maximum absolute atomic E-state index is 11.9. The fourth-order valence-electron chi connectivity index (χ4n) is 1.27. The van der Waals surface area contributed by atoms with Crippen molar-refractivity contribution in [2.45, 2.75) is 20.8 Å². The summed E-state index contributed by atoms with van der Waals surface area (Å²) in [4.78, 5) is 23.0. The van der Waals surface area contributed by atoms with Gasteiger partial charge in [-0.25, -0.2) is 0 Å². The largest absolute Gasteiger partial charge is 0.398 e. The second kappa shape index (κ2) is 5.08. The van der Waals surface area contributed by atoms with Crippen LogP contribution in [0.25, 0.3) is 0 Å². The van der Waals surface area contributed by atoms with Crippen LogP contribution in [0.3, 0.4) is 0 Å². The lowest BCUT2D eigenvalue weighted by atomic mass is 9.92. The fraction of sp³-hybridized carbons (Fsp3) is 0.385. The molecular formula is C13H19N3O2. The summed E-state index contributed by atoms with van der Waals surface area (Å²) in [5, 5.41) is 2.67. The molecular weight excluding hydrogens is 230 g/mol. The van der Waals surface area contributed by atoms with Crippen LogP contribution in [0.15, 0.2) is 18.2 Å². The maximum Gasteiger partial charge on any atom is 0.251 e. The quantitative estimate of drug-likeness (QED) is 0.689. The first kappa shape index (κ1) is 14.0. The van der Waals surface area contributed by atoms with Gasteiger partial charge in [-0.15, -0.1) is 0 Å². The molecule has 0 fully saturated rings. The van der Waals surface area contributed by atoms with Gasteiger partial charge in [-0.2, -0.15) is 0 Å². The Hall–Kier alpha value is -2.04. The van der Waals surface area contributed by atoms with E-state index in [0.29, 0.717) is 11.3 Å². The lowest BCUT2D eigenvalue weighted by molar-refractivity contribution is -0.125. The normalized spacial score (nSPS) is 11.1. The standard InChI is InChI=1S/C13H19N3O2/c1-8-4-5-9(6-10(8)14)11(17)16-7-13(2,3)12(15)18/h4-6H,7,14H2,1-3H3,(H2,15,18)(H,16,17). The van der Waals surface area contributed by atoms with Crippen LogP contribution in [0.4, 0.5) is 5.69 Å². The second-order valence-electron chi connectivity index (χ2n) is 5.00. The molecule has 0 heterocycles. The van der Waals surface area contributed by atoms with Gasteiger partial charge in [0.15, 0.2) is 0 Å². The van der Waals surface area contributed by atoms with Crippen molar-refractivity contribution in [2.24, 2.45) is 11.1 Å². The van der Waals surface area contributed by atoms with E-state index in [-0.39, 0.29) is 12.5 Å². The Kier molecular flexibility index (Phi) is 3.96. The first-order valence-corrected chi connectivity index (χ1v) is 5.68. The number of rotatable bonds is 4. The molecule has 98 valence electrons. The second-order valence-corrected chi connectivity index (χ2v) is 5.00. The monoisotopic (exact) mass is 249 g/mol. The van der Waals surface area contributed by atoms with Gasteiger partial charge in [-0.3, -0.25) is 9.59 Å². The zero-order valence-corrected chi connectivity index (χ0v) is 10.9. The molecule has 0 saturated heterocycles. The van der Waals surface area contributed by atoms with E-state index < -0.39 is 11.3 Å². The molecule has 0 saturated carbocycles. The van der Waals surface area contributed by atoms with Gasteiger partial charge in [0.25, 0.3) is 5.91 Å². The lowest BCUT2D eigenvalue weighted by Crippen LogP contribution is -2.42. The van der Waals surface area contributed by atoms with Crippen LogP contribution in [-0.2, 0) is 4.79 Å². The van der Waals surface area contributed by atoms with Gasteiger partial charge in [0.05, 0.1) is 5.41 Å². The van der Waals surface area contributed by atoms with Crippen LogP contribution in [0.1, 0.15) is 29.8 Å². The first-order chi connectivity index (χ1) is 8.24. The van der Waals surface area contributed by atoms with E-state index in [1.165, 1.54) is 0 Å². The third kappa shape index (κ3) is 3.23. The van der Waals surface area contributed by atoms with E-state index in [1.54, 1.807) is 32.0 Å². The van der Waals surface area contributed by atoms with E-state index in [0.717, 1.165) is 5.56 Å². The molecule has 0 aliphatic heterocycles. The molecule has 0 bridgehead atoms. The smallest absolute Gasteiger partial charge is 0.251 e. The number of anilines is 1. The third-order valence-corrected chi connectivity index (χ3v) is 2.90. The Balaban J connectivity index is 2.72. The number of nitrogen functional groups attached to an aromatic ring is 1. The molecule has 5 N–H and O–H groups in total. The van der Waals surface area contributed by atoms with Crippen LogP contribution < -0.4 is 16.8 Å². The van der Waals surface area contributed by atoms with Crippen LogP contribution in [0.2, 0.25) is 0 Å². The minimum atomic E-state index is -0.772. The highest BCUT2D eigenvalue weighted by Crippen LogP contribution is 2.15. The third-order valence-electron chi connectivity index (χ3n) is 2.90. The Bertz CT molecular complexity index is 481. The van der Waals surface area contributed by atoms with Crippen LogP contribution in [-0.4, -0.2) is 18.4 Å². The summed E-state index contributed by atoms with van der Waals surface area (Å²) in [6, 6.07) is 5.09. The van der Waals surface area contributed by atoms with Crippen molar-refractivity contribution in [3.05, 3.63) is 29.3 Å². The Morgan fingerprint density at radius 2 is 1.94 bits per heavy atom. The molecule has 0 aliphatic carbocycles. The molecule has 18 heavy (non-hydrogen) atoms. The van der Waals surface area contributed by atoms with E-state index in [9.17, 15) is 9.59 Å². The minimum Gasteiger partial charge on any atom is -0.398 e. The maximum atomic E-state index is 11.9. The predicted octanol–water partition coefficient (Wildman–Crippen LogP) is 0.819. The predicted molar refractivity (Wildman–Crippen MR) is 70.9 cm³/mol. The lowest BCUT2D eigenvalue weighted by Gasteiger charge is -2.20. The topological polar surface area (TPSA) is 98.2 Å². The number of nitrogens with one attached hydrogen (secondary N) is 1. The number of benzene rings is 1. The molecule has 2 amide bonds. The number of hydrogen-bond donors (Lipinski definition) is 3. The number of hydrogen-bond acceptors (Lipinski definition) is 3. The van der Waals surface area contributed by atoms with E-state index in [2.05, 4.69) is 5.32 Å². The molecule has 1 rings (SSSR count). The van der Waals surface area contributed by atoms with Gasteiger partial charge < -0.3 is 16.8 Å². The minimum absolute atomic E-state index is 0.189. The molecule has 5 nitrogen and oxygen atoms in total. The molecule has 1 aromatic rings. The van der Waals surface area contributed by atoms with E-state index in [4.69, 9.17) is 11.5 Å². The number of primary amides is 1. The van der Waals surface area contributed by atoms with Crippen molar-refractivity contribution < 1.29 is 9.59 Å². The van der Waals surface area contributed by atoms with Crippen molar-refractivity contribution in [3.63, 3.8) is 0 Å². The van der Waals surface area contributed by atoms with Crippen molar-refractivity contribution in [2.75, 3.05) is 12.3 Å². The molecule has 0 aromatic heterocycles. The van der Waals surface area contributed by atoms with E-state index in [1.807, 2.05) is 6.92 Å². The van der Waals surface area contributed by atoms with Crippen molar-refractivity contribution in [1.82, 2.24) is 5.32 Å². The van der Waals surface area contributed by atoms with Gasteiger partial charge in [0.1, 0.15) is 0 Å². The summed E-state index contributed by atoms with van der Waals surface area (Å²) in [5.74, 6) is -0.720. The molecule has 0 atom stereocenters. The highest BCUT2D eigenvalue weighted by molar-refractivity contribution is 5.95. The number of carbonyl (C=O) groups excluding carboxylic acids is 2. The molecule has 5 heteroatoms. The first-order valence-electron chi connectivity index (χ1n) is 5.68. The number of nitrogens with two attached hydrogens (primary N) is 2. The van der Waals surface area contributed by atoms with Crippen LogP contribution in [0.5, 0.6) is 0 Å². The summed E-state index contributed by atoms with van der Waals surface area (Å²) >= 11 is 0. The average molecular weight is 249 g/mol. The molecule has 0 radical (unpaired) electrons. The highest BCUT2D eigenvalue weighted by Gasteiger charge is 2.25. The SMILES string of the molecule is Cc1ccc(C(=O)NCC(C)(C)C(N)=O)cc1N. The van der Waals surface area contributed by atoms with Gasteiger partial charge in [-0.05, 0) is 38.5 Å². The van der Waals surface area contributed by atoms with Gasteiger partial charge in [-0.1, -0.05) is 6.07 Å². The number of aryl methyl sites for hydroxylation is 1. The summed E-state index contributed by atoms with van der Waals surface area (Å²) in [5.41, 5.74) is 12.1. The summed E-state index contributed by atoms with van der Waals surface area (Å²) in [6.45, 7) is 5.42. The summed E-state index contributed by atoms with van der Waals surface area (Å²) < 4.78 is 0. The molecule has 0 aliphatic rings. The van der Waals surface area contributed by atoms with Crippen molar-refractivity contribution in [3.8, 4) is 0 Å². The fourth-order valence-corrected chi connectivity index (χ4v) is 1.27. The zero-order chi connectivity index (χ0) is 13.9. The summed E-state index contributed by atoms with van der Waals surface area (Å²) in [6.07, 6.45) is 0. The number of carbonyl (C=O) groups is 2. The average Bonchev–Trinajstić information content (AvgIpc) is 2.29. The molecule has 0 unspecified atom stereocenters. The summed E-state index contributed by atoms with van der Waals surface area (Å²) in [7, 11) is 0. The van der Waals surface area contributed by atoms with Gasteiger partial charge >= 0.3 is 0 Å². The number of amides is 2. The molecule has 0 spiro atoms. The Morgan fingerprint density at radius 1 is 1.33 bits per heavy atom. The van der Waals surface area contributed by atoms with Gasteiger partial charge in [0, 0.05) is 17.8 Å². The van der Waals surface area contributed by atoms with Gasteiger partial charge in [0.2, 0.25) is 5.91 Å². The Labute approximate surface area is 107 Å². The zero-order valence-electron chi connectivity index (χ0n) is 10.9. The molecule has 1 aromatic carbocycles. The van der Waals surface area contributed by atoms with Crippen molar-refractivity contribution in [1.29, 1.82) is 0 Å². The van der Waals surface area contributed by atoms with Crippen molar-refractivity contribution >= 4 is 17.5 Å². The van der Waals surface area contributed by atoms with Crippen LogP contribution >= 0.6 is 0 Å². The highest BCUT2D eigenvalue weighted by atomic mass is 16.2. The van der Waals surface area contributed by atoms with E-state index >= 15 is 0 Å². The Morgan fingerprint density at radius 3 is 2.44 bits per heavy atom.